The van der Waals surface area contributed by atoms with Gasteiger partial charge < -0.3 is 10.2 Å². The molecule has 1 aliphatic rings. The van der Waals surface area contributed by atoms with E-state index in [1.165, 1.54) is 6.42 Å². The molecular formula is C16H32N2O. The van der Waals surface area contributed by atoms with E-state index in [0.29, 0.717) is 23.8 Å². The lowest BCUT2D eigenvalue weighted by Crippen LogP contribution is -2.37. The number of amides is 1. The Labute approximate surface area is 119 Å². The average molecular weight is 268 g/mol. The van der Waals surface area contributed by atoms with Crippen molar-refractivity contribution in [1.82, 2.24) is 10.2 Å². The molecule has 1 rings (SSSR count). The third kappa shape index (κ3) is 5.52. The van der Waals surface area contributed by atoms with Gasteiger partial charge >= 0.3 is 0 Å². The maximum Gasteiger partial charge on any atom is 0.224 e. The second kappa shape index (κ2) is 7.28. The van der Waals surface area contributed by atoms with Crippen molar-refractivity contribution in [2.24, 2.45) is 11.3 Å². The molecule has 1 saturated heterocycles. The van der Waals surface area contributed by atoms with E-state index < -0.39 is 0 Å². The van der Waals surface area contributed by atoms with Crippen LogP contribution < -0.4 is 5.32 Å². The Morgan fingerprint density at radius 1 is 1.32 bits per heavy atom. The minimum absolute atomic E-state index is 0.291. The molecule has 0 aliphatic carbocycles. The van der Waals surface area contributed by atoms with Crippen LogP contribution in [0.3, 0.4) is 0 Å². The van der Waals surface area contributed by atoms with Gasteiger partial charge in [0.1, 0.15) is 0 Å². The van der Waals surface area contributed by atoms with E-state index in [4.69, 9.17) is 0 Å². The summed E-state index contributed by atoms with van der Waals surface area (Å²) in [6, 6.07) is 0.291. The highest BCUT2D eigenvalue weighted by Gasteiger charge is 2.28. The van der Waals surface area contributed by atoms with E-state index in [0.717, 1.165) is 38.4 Å². The fourth-order valence-electron chi connectivity index (χ4n) is 3.02. The summed E-state index contributed by atoms with van der Waals surface area (Å²) in [4.78, 5) is 14.4. The van der Waals surface area contributed by atoms with Crippen LogP contribution in [0.2, 0.25) is 0 Å². The summed E-state index contributed by atoms with van der Waals surface area (Å²) in [6.45, 7) is 14.0. The smallest absolute Gasteiger partial charge is 0.224 e. The summed E-state index contributed by atoms with van der Waals surface area (Å²) >= 11 is 0. The fraction of sp³-hybridized carbons (Fsp3) is 0.938. The number of hydrogen-bond donors (Lipinski definition) is 1. The third-order valence-electron chi connectivity index (χ3n) is 4.34. The van der Waals surface area contributed by atoms with Crippen LogP contribution in [0.25, 0.3) is 0 Å². The highest BCUT2D eigenvalue weighted by molar-refractivity contribution is 5.76. The molecule has 0 bridgehead atoms. The number of rotatable bonds is 4. The molecule has 0 aromatic carbocycles. The number of likely N-dealkylation sites (tertiary alicyclic amines) is 1. The monoisotopic (exact) mass is 268 g/mol. The lowest BCUT2D eigenvalue weighted by atomic mass is 9.77. The van der Waals surface area contributed by atoms with Gasteiger partial charge in [-0.15, -0.1) is 0 Å². The van der Waals surface area contributed by atoms with Gasteiger partial charge in [0, 0.05) is 25.6 Å². The van der Waals surface area contributed by atoms with E-state index in [2.05, 4.69) is 44.8 Å². The number of carbonyl (C=O) groups is 1. The zero-order chi connectivity index (χ0) is 14.5. The van der Waals surface area contributed by atoms with E-state index in [9.17, 15) is 4.79 Å². The first kappa shape index (κ1) is 16.5. The fourth-order valence-corrected chi connectivity index (χ4v) is 3.02. The van der Waals surface area contributed by atoms with Gasteiger partial charge in [0.05, 0.1) is 0 Å². The molecule has 1 aliphatic heterocycles. The predicted octanol–water partition coefficient (Wildman–Crippen LogP) is 3.05. The van der Waals surface area contributed by atoms with Gasteiger partial charge in [-0.05, 0) is 44.1 Å². The van der Waals surface area contributed by atoms with Crippen LogP contribution in [-0.2, 0) is 4.79 Å². The largest absolute Gasteiger partial charge is 0.343 e. The van der Waals surface area contributed by atoms with Gasteiger partial charge in [-0.3, -0.25) is 4.79 Å². The Kier molecular flexibility index (Phi) is 6.31. The highest BCUT2D eigenvalue weighted by atomic mass is 16.2. The lowest BCUT2D eigenvalue weighted by Gasteiger charge is -2.30. The van der Waals surface area contributed by atoms with E-state index in [1.807, 2.05) is 0 Å². The quantitative estimate of drug-likeness (QED) is 0.850. The Morgan fingerprint density at radius 2 is 2.00 bits per heavy atom. The van der Waals surface area contributed by atoms with Crippen LogP contribution in [-0.4, -0.2) is 36.5 Å². The van der Waals surface area contributed by atoms with E-state index in [-0.39, 0.29) is 0 Å². The topological polar surface area (TPSA) is 32.3 Å². The summed E-state index contributed by atoms with van der Waals surface area (Å²) in [6.07, 6.45) is 4.21. The number of carbonyl (C=O) groups excluding carboxylic acids is 1. The van der Waals surface area contributed by atoms with Crippen molar-refractivity contribution in [1.29, 1.82) is 0 Å². The van der Waals surface area contributed by atoms with Crippen molar-refractivity contribution in [2.45, 2.75) is 66.3 Å². The highest BCUT2D eigenvalue weighted by Crippen LogP contribution is 2.34. The second-order valence-electron chi connectivity index (χ2n) is 7.04. The zero-order valence-electron chi connectivity index (χ0n) is 13.5. The molecule has 0 saturated carbocycles. The molecule has 0 aromatic heterocycles. The van der Waals surface area contributed by atoms with Gasteiger partial charge in [0.2, 0.25) is 5.91 Å². The van der Waals surface area contributed by atoms with Gasteiger partial charge in [-0.25, -0.2) is 0 Å². The normalized spacial score (nSPS) is 23.0. The molecular weight excluding hydrogens is 236 g/mol. The summed E-state index contributed by atoms with van der Waals surface area (Å²) in [5.74, 6) is 1.07. The molecule has 1 amide bonds. The Balaban J connectivity index is 2.46. The average Bonchev–Trinajstić information content (AvgIpc) is 2.53. The summed E-state index contributed by atoms with van der Waals surface area (Å²) in [5.41, 5.74) is 0.371. The van der Waals surface area contributed by atoms with Crippen molar-refractivity contribution >= 4 is 5.91 Å². The van der Waals surface area contributed by atoms with Crippen LogP contribution in [0.4, 0.5) is 0 Å². The zero-order valence-corrected chi connectivity index (χ0v) is 13.5. The minimum atomic E-state index is 0.291. The van der Waals surface area contributed by atoms with Crippen molar-refractivity contribution in [2.75, 3.05) is 19.6 Å². The molecule has 2 unspecified atom stereocenters. The molecule has 3 heteroatoms. The van der Waals surface area contributed by atoms with Crippen molar-refractivity contribution < 1.29 is 4.79 Å². The molecule has 3 nitrogen and oxygen atoms in total. The second-order valence-corrected chi connectivity index (χ2v) is 7.04. The number of hydrogen-bond acceptors (Lipinski definition) is 2. The number of nitrogens with zero attached hydrogens (tertiary/aromatic N) is 1. The van der Waals surface area contributed by atoms with Gasteiger partial charge in [0.25, 0.3) is 0 Å². The molecule has 1 fully saturated rings. The predicted molar refractivity (Wildman–Crippen MR) is 81.1 cm³/mol. The van der Waals surface area contributed by atoms with Crippen molar-refractivity contribution in [3.63, 3.8) is 0 Å². The minimum Gasteiger partial charge on any atom is -0.343 e. The first-order chi connectivity index (χ1) is 8.84. The maximum atomic E-state index is 12.3. The van der Waals surface area contributed by atoms with Crippen LogP contribution in [0.1, 0.15) is 60.3 Å². The van der Waals surface area contributed by atoms with Crippen LogP contribution >= 0.6 is 0 Å². The summed E-state index contributed by atoms with van der Waals surface area (Å²) in [7, 11) is 0. The van der Waals surface area contributed by atoms with Gasteiger partial charge in [-0.1, -0.05) is 27.7 Å². The van der Waals surface area contributed by atoms with Crippen molar-refractivity contribution in [3.8, 4) is 0 Å². The molecule has 0 aromatic rings. The Hall–Kier alpha value is -0.570. The molecule has 2 atom stereocenters. The van der Waals surface area contributed by atoms with Crippen LogP contribution in [0.5, 0.6) is 0 Å². The summed E-state index contributed by atoms with van der Waals surface area (Å²) < 4.78 is 0. The lowest BCUT2D eigenvalue weighted by molar-refractivity contribution is -0.131. The number of nitrogens with one attached hydrogen (secondary N) is 1. The Morgan fingerprint density at radius 3 is 2.58 bits per heavy atom. The van der Waals surface area contributed by atoms with Crippen molar-refractivity contribution in [3.05, 3.63) is 0 Å². The summed E-state index contributed by atoms with van der Waals surface area (Å²) in [5, 5.41) is 3.32. The molecule has 0 radical (unpaired) electrons. The third-order valence-corrected chi connectivity index (χ3v) is 4.34. The van der Waals surface area contributed by atoms with Gasteiger partial charge in [-0.2, -0.15) is 0 Å². The SMILES string of the molecule is CCNC(C)CC(=O)N1CCCC(C(C)(C)C)CC1. The molecule has 1 N–H and O–H groups in total. The first-order valence-electron chi connectivity index (χ1n) is 7.85. The molecule has 112 valence electrons. The maximum absolute atomic E-state index is 12.3. The van der Waals surface area contributed by atoms with E-state index >= 15 is 0 Å². The van der Waals surface area contributed by atoms with Crippen LogP contribution in [0, 0.1) is 11.3 Å². The first-order valence-corrected chi connectivity index (χ1v) is 7.85. The molecule has 19 heavy (non-hydrogen) atoms. The van der Waals surface area contributed by atoms with Crippen LogP contribution in [0.15, 0.2) is 0 Å². The molecule has 0 spiro atoms. The molecule has 1 heterocycles. The Bertz CT molecular complexity index is 283. The van der Waals surface area contributed by atoms with E-state index in [1.54, 1.807) is 0 Å². The van der Waals surface area contributed by atoms with Gasteiger partial charge in [0.15, 0.2) is 0 Å². The standard InChI is InChI=1S/C16H32N2O/c1-6-17-13(2)12-15(19)18-10-7-8-14(9-11-18)16(3,4)5/h13-14,17H,6-12H2,1-5H3.